The van der Waals surface area contributed by atoms with Crippen molar-refractivity contribution in [3.8, 4) is 0 Å². The predicted octanol–water partition coefficient (Wildman–Crippen LogP) is 5.84. The monoisotopic (exact) mass is 387 g/mol. The van der Waals surface area contributed by atoms with Gasteiger partial charge in [-0.3, -0.25) is 4.98 Å². The topological polar surface area (TPSA) is 62.7 Å². The molecule has 3 heterocycles. The van der Waals surface area contributed by atoms with Crippen molar-refractivity contribution in [3.63, 3.8) is 0 Å². The lowest BCUT2D eigenvalue weighted by Gasteiger charge is -2.12. The summed E-state index contributed by atoms with van der Waals surface area (Å²) in [6, 6.07) is 10.3. The summed E-state index contributed by atoms with van der Waals surface area (Å²) in [6.45, 7) is 10.4. The van der Waals surface area contributed by atoms with E-state index in [2.05, 4.69) is 69.6 Å². The van der Waals surface area contributed by atoms with Crippen LogP contribution in [0.2, 0.25) is 0 Å². The summed E-state index contributed by atoms with van der Waals surface area (Å²) < 4.78 is 0.988. The van der Waals surface area contributed by atoms with E-state index in [0.29, 0.717) is 0 Å². The molecule has 0 saturated heterocycles. The zero-order valence-electron chi connectivity index (χ0n) is 16.1. The smallest absolute Gasteiger partial charge is 0.151 e. The maximum absolute atomic E-state index is 4.50. The van der Waals surface area contributed by atoms with Gasteiger partial charge in [-0.1, -0.05) is 18.7 Å². The van der Waals surface area contributed by atoms with Gasteiger partial charge in [-0.25, -0.2) is 9.97 Å². The van der Waals surface area contributed by atoms with E-state index in [1.807, 2.05) is 19.1 Å². The second-order valence-corrected chi connectivity index (χ2v) is 7.66. The number of nitrogens with zero attached hydrogens (tertiary/aromatic N) is 3. The quantitative estimate of drug-likeness (QED) is 0.450. The summed E-state index contributed by atoms with van der Waals surface area (Å²) in [7, 11) is 0. The van der Waals surface area contributed by atoms with E-state index in [-0.39, 0.29) is 0 Å². The predicted molar refractivity (Wildman–Crippen MR) is 118 cm³/mol. The van der Waals surface area contributed by atoms with Crippen LogP contribution in [0.25, 0.3) is 15.9 Å². The average Bonchev–Trinajstić information content (AvgIpc) is 3.12. The first kappa shape index (κ1) is 18.1. The molecule has 1 aromatic carbocycles. The highest BCUT2D eigenvalue weighted by molar-refractivity contribution is 7.18. The fourth-order valence-electron chi connectivity index (χ4n) is 2.93. The van der Waals surface area contributed by atoms with Crippen LogP contribution in [0.15, 0.2) is 54.8 Å². The SMILES string of the molecule is C=C(Nc1cc(C)ccc1C)c1csc2c(Nc3ccc(C)nc3)ncnc12. The van der Waals surface area contributed by atoms with Crippen molar-refractivity contribution in [2.75, 3.05) is 10.6 Å². The van der Waals surface area contributed by atoms with Gasteiger partial charge >= 0.3 is 0 Å². The summed E-state index contributed by atoms with van der Waals surface area (Å²) in [4.78, 5) is 13.2. The fourth-order valence-corrected chi connectivity index (χ4v) is 3.91. The third-order valence-electron chi connectivity index (χ3n) is 4.53. The molecule has 0 saturated carbocycles. The van der Waals surface area contributed by atoms with Crippen LogP contribution in [0, 0.1) is 20.8 Å². The molecule has 0 amide bonds. The Bertz CT molecular complexity index is 1160. The number of nitrogens with one attached hydrogen (secondary N) is 2. The zero-order valence-corrected chi connectivity index (χ0v) is 16.9. The Morgan fingerprint density at radius 1 is 1.04 bits per heavy atom. The summed E-state index contributed by atoms with van der Waals surface area (Å²) in [5, 5.41) is 8.85. The lowest BCUT2D eigenvalue weighted by molar-refractivity contribution is 1.19. The molecule has 5 nitrogen and oxygen atoms in total. The molecule has 0 spiro atoms. The number of aromatic nitrogens is 3. The molecule has 0 bridgehead atoms. The Labute approximate surface area is 168 Å². The number of benzene rings is 1. The summed E-state index contributed by atoms with van der Waals surface area (Å²) >= 11 is 1.60. The van der Waals surface area contributed by atoms with Gasteiger partial charge in [0.1, 0.15) is 6.33 Å². The minimum atomic E-state index is 0.770. The van der Waals surface area contributed by atoms with Crippen LogP contribution in [0.1, 0.15) is 22.4 Å². The summed E-state index contributed by atoms with van der Waals surface area (Å²) in [5.74, 6) is 0.770. The first-order valence-electron chi connectivity index (χ1n) is 8.96. The second-order valence-electron chi connectivity index (χ2n) is 6.78. The highest BCUT2D eigenvalue weighted by Gasteiger charge is 2.14. The molecule has 0 fully saturated rings. The van der Waals surface area contributed by atoms with Crippen molar-refractivity contribution < 1.29 is 0 Å². The molecule has 0 atom stereocenters. The van der Waals surface area contributed by atoms with Crippen LogP contribution in [0.3, 0.4) is 0 Å². The van der Waals surface area contributed by atoms with E-state index < -0.39 is 0 Å². The maximum atomic E-state index is 4.50. The Kier molecular flexibility index (Phi) is 4.79. The van der Waals surface area contributed by atoms with Crippen molar-refractivity contribution in [1.82, 2.24) is 15.0 Å². The van der Waals surface area contributed by atoms with Crippen molar-refractivity contribution in [2.24, 2.45) is 0 Å². The Morgan fingerprint density at radius 2 is 1.89 bits per heavy atom. The number of fused-ring (bicyclic) bond motifs is 1. The van der Waals surface area contributed by atoms with E-state index in [0.717, 1.165) is 44.4 Å². The fraction of sp³-hybridized carbons (Fsp3) is 0.136. The molecule has 2 N–H and O–H groups in total. The van der Waals surface area contributed by atoms with E-state index in [1.165, 1.54) is 11.1 Å². The minimum Gasteiger partial charge on any atom is -0.355 e. The van der Waals surface area contributed by atoms with Gasteiger partial charge in [0.15, 0.2) is 5.82 Å². The second kappa shape index (κ2) is 7.40. The standard InChI is InChI=1S/C22H21N5S/c1-13-5-6-14(2)19(9-13)26-16(4)18-11-28-21-20(18)24-12-25-22(21)27-17-8-7-15(3)23-10-17/h5-12,26H,4H2,1-3H3,(H,24,25,27). The Balaban J connectivity index is 1.65. The van der Waals surface area contributed by atoms with Crippen LogP contribution >= 0.6 is 11.3 Å². The van der Waals surface area contributed by atoms with E-state index in [9.17, 15) is 0 Å². The zero-order chi connectivity index (χ0) is 19.7. The van der Waals surface area contributed by atoms with Crippen molar-refractivity contribution >= 4 is 44.4 Å². The van der Waals surface area contributed by atoms with Crippen LogP contribution in [0.4, 0.5) is 17.2 Å². The lowest BCUT2D eigenvalue weighted by atomic mass is 10.1. The molecule has 3 aromatic heterocycles. The van der Waals surface area contributed by atoms with Gasteiger partial charge in [0.25, 0.3) is 0 Å². The van der Waals surface area contributed by atoms with E-state index in [4.69, 9.17) is 0 Å². The number of hydrogen-bond acceptors (Lipinski definition) is 6. The normalized spacial score (nSPS) is 10.8. The molecular formula is C22H21N5S. The van der Waals surface area contributed by atoms with Gasteiger partial charge in [0.2, 0.25) is 0 Å². The number of rotatable bonds is 5. The molecule has 0 aliphatic rings. The Morgan fingerprint density at radius 3 is 2.68 bits per heavy atom. The van der Waals surface area contributed by atoms with Crippen molar-refractivity contribution in [3.05, 3.63) is 77.2 Å². The van der Waals surface area contributed by atoms with Crippen molar-refractivity contribution in [1.29, 1.82) is 0 Å². The van der Waals surface area contributed by atoms with Gasteiger partial charge in [-0.15, -0.1) is 11.3 Å². The highest BCUT2D eigenvalue weighted by atomic mass is 32.1. The average molecular weight is 388 g/mol. The number of aryl methyl sites for hydroxylation is 3. The van der Waals surface area contributed by atoms with Gasteiger partial charge in [0.05, 0.1) is 22.1 Å². The molecule has 140 valence electrons. The van der Waals surface area contributed by atoms with Crippen LogP contribution < -0.4 is 10.6 Å². The van der Waals surface area contributed by atoms with Gasteiger partial charge in [0, 0.05) is 28.0 Å². The first-order chi connectivity index (χ1) is 13.5. The largest absolute Gasteiger partial charge is 0.355 e. The number of anilines is 3. The minimum absolute atomic E-state index is 0.770. The van der Waals surface area contributed by atoms with Crippen molar-refractivity contribution in [2.45, 2.75) is 20.8 Å². The molecule has 4 aromatic rings. The number of thiophene rings is 1. The van der Waals surface area contributed by atoms with E-state index >= 15 is 0 Å². The van der Waals surface area contributed by atoms with Gasteiger partial charge in [-0.05, 0) is 50.1 Å². The molecule has 0 unspecified atom stereocenters. The molecule has 4 rings (SSSR count). The third kappa shape index (κ3) is 3.59. The maximum Gasteiger partial charge on any atom is 0.151 e. The Hall–Kier alpha value is -3.25. The number of pyridine rings is 1. The molecule has 0 aliphatic heterocycles. The molecular weight excluding hydrogens is 366 g/mol. The molecule has 6 heteroatoms. The summed E-state index contributed by atoms with van der Waals surface area (Å²) in [5.41, 5.74) is 7.99. The number of hydrogen-bond donors (Lipinski definition) is 2. The van der Waals surface area contributed by atoms with E-state index in [1.54, 1.807) is 23.9 Å². The molecule has 0 radical (unpaired) electrons. The van der Waals surface area contributed by atoms with Gasteiger partial charge < -0.3 is 10.6 Å². The van der Waals surface area contributed by atoms with Crippen LogP contribution in [-0.4, -0.2) is 15.0 Å². The molecule has 0 aliphatic carbocycles. The molecule has 28 heavy (non-hydrogen) atoms. The summed E-state index contributed by atoms with van der Waals surface area (Å²) in [6.07, 6.45) is 3.38. The third-order valence-corrected chi connectivity index (χ3v) is 5.51. The van der Waals surface area contributed by atoms with Crippen LogP contribution in [0.5, 0.6) is 0 Å². The highest BCUT2D eigenvalue weighted by Crippen LogP contribution is 2.34. The van der Waals surface area contributed by atoms with Crippen LogP contribution in [-0.2, 0) is 0 Å². The first-order valence-corrected chi connectivity index (χ1v) is 9.84. The lowest BCUT2D eigenvalue weighted by Crippen LogP contribution is -2.00. The van der Waals surface area contributed by atoms with Gasteiger partial charge in [-0.2, -0.15) is 0 Å².